The number of hydrogen-bond donors (Lipinski definition) is 2. The number of thiophene rings is 1. The fourth-order valence-corrected chi connectivity index (χ4v) is 5.93. The summed E-state index contributed by atoms with van der Waals surface area (Å²) in [4.78, 5) is 15.0. The number of rotatable bonds is 6. The topological polar surface area (TPSA) is 76.4 Å². The number of carboxylic acid groups (broad SMARTS) is 1. The van der Waals surface area contributed by atoms with Crippen LogP contribution in [0.15, 0.2) is 48.5 Å². The fraction of sp³-hybridized carbons (Fsp3) is 0.269. The molecule has 8 heteroatoms. The number of aromatic carboxylic acids is 1. The molecule has 0 fully saturated rings. The van der Waals surface area contributed by atoms with Crippen molar-refractivity contribution in [2.75, 3.05) is 5.32 Å². The molecule has 0 radical (unpaired) electrons. The van der Waals surface area contributed by atoms with Gasteiger partial charge in [0.25, 0.3) is 0 Å². The zero-order chi connectivity index (χ0) is 24.5. The molecule has 0 atom stereocenters. The molecular formula is C26H24FN3O2S2. The van der Waals surface area contributed by atoms with Gasteiger partial charge in [-0.15, -0.1) is 11.3 Å². The molecule has 1 aromatic heterocycles. The Morgan fingerprint density at radius 3 is 2.65 bits per heavy atom. The normalized spacial score (nSPS) is 14.8. The standard InChI is InChI=1S/C26H24FN3O2S2/c1-26(2)12-22-21(15-30(26)14-17-4-3-5-19(27)10-17)20(13-28)24(34-22)29-23(33)11-16-6-8-18(9-7-16)25(31)32/h3-10H,11-12,14-15H2,1-2H3,(H,29,33)(H,31,32). The third-order valence-electron chi connectivity index (χ3n) is 6.08. The van der Waals surface area contributed by atoms with Crippen LogP contribution < -0.4 is 5.32 Å². The predicted octanol–water partition coefficient (Wildman–Crippen LogP) is 5.78. The molecule has 174 valence electrons. The number of fused-ring (bicyclic) bond motifs is 1. The minimum Gasteiger partial charge on any atom is -0.478 e. The molecule has 0 aliphatic carbocycles. The highest BCUT2D eigenvalue weighted by Crippen LogP contribution is 2.42. The highest BCUT2D eigenvalue weighted by molar-refractivity contribution is 7.80. The molecular weight excluding hydrogens is 469 g/mol. The van der Waals surface area contributed by atoms with Gasteiger partial charge in [0.2, 0.25) is 0 Å². The average Bonchev–Trinajstić information content (AvgIpc) is 3.08. The number of carboxylic acids is 1. The second kappa shape index (κ2) is 9.63. The van der Waals surface area contributed by atoms with Crippen LogP contribution in [-0.2, 0) is 25.9 Å². The van der Waals surface area contributed by atoms with Crippen molar-refractivity contribution in [2.24, 2.45) is 0 Å². The highest BCUT2D eigenvalue weighted by atomic mass is 32.1. The maximum Gasteiger partial charge on any atom is 0.335 e. The van der Waals surface area contributed by atoms with E-state index in [0.717, 1.165) is 33.0 Å². The van der Waals surface area contributed by atoms with Gasteiger partial charge in [-0.2, -0.15) is 5.26 Å². The lowest BCUT2D eigenvalue weighted by Gasteiger charge is -2.42. The van der Waals surface area contributed by atoms with Crippen LogP contribution in [0.2, 0.25) is 0 Å². The van der Waals surface area contributed by atoms with Crippen molar-refractivity contribution in [3.63, 3.8) is 0 Å². The molecule has 3 aromatic rings. The molecule has 0 saturated heterocycles. The average molecular weight is 494 g/mol. The zero-order valence-corrected chi connectivity index (χ0v) is 20.5. The van der Waals surface area contributed by atoms with Gasteiger partial charge < -0.3 is 10.4 Å². The lowest BCUT2D eigenvalue weighted by molar-refractivity contribution is 0.0697. The van der Waals surface area contributed by atoms with E-state index in [2.05, 4.69) is 30.1 Å². The van der Waals surface area contributed by atoms with E-state index in [9.17, 15) is 14.4 Å². The van der Waals surface area contributed by atoms with Gasteiger partial charge >= 0.3 is 5.97 Å². The molecule has 2 aromatic carbocycles. The van der Waals surface area contributed by atoms with Crippen LogP contribution >= 0.6 is 23.6 Å². The number of hydrogen-bond acceptors (Lipinski definition) is 5. The maximum absolute atomic E-state index is 13.7. The highest BCUT2D eigenvalue weighted by Gasteiger charge is 2.36. The summed E-state index contributed by atoms with van der Waals surface area (Å²) < 4.78 is 13.7. The number of halogens is 1. The minimum atomic E-state index is -0.968. The van der Waals surface area contributed by atoms with Crippen LogP contribution in [0.4, 0.5) is 9.39 Å². The Morgan fingerprint density at radius 2 is 2.00 bits per heavy atom. The van der Waals surface area contributed by atoms with Gasteiger partial charge in [-0.1, -0.05) is 36.5 Å². The van der Waals surface area contributed by atoms with Gasteiger partial charge in [-0.3, -0.25) is 4.90 Å². The Hall–Kier alpha value is -3.12. The summed E-state index contributed by atoms with van der Waals surface area (Å²) in [6.07, 6.45) is 1.22. The molecule has 4 rings (SSSR count). The number of benzene rings is 2. The Bertz CT molecular complexity index is 1290. The summed E-state index contributed by atoms with van der Waals surface area (Å²) >= 11 is 7.10. The number of nitrogens with one attached hydrogen (secondary N) is 1. The zero-order valence-electron chi connectivity index (χ0n) is 18.9. The monoisotopic (exact) mass is 493 g/mol. The first-order valence-corrected chi connectivity index (χ1v) is 12.0. The van der Waals surface area contributed by atoms with Gasteiger partial charge in [-0.25, -0.2) is 9.18 Å². The number of thiocarbonyl (C=S) groups is 1. The summed E-state index contributed by atoms with van der Waals surface area (Å²) in [6, 6.07) is 15.6. The second-order valence-corrected chi connectivity index (χ2v) is 10.6. The van der Waals surface area contributed by atoms with Crippen LogP contribution in [0.3, 0.4) is 0 Å². The molecule has 0 amide bonds. The van der Waals surface area contributed by atoms with E-state index >= 15 is 0 Å². The smallest absolute Gasteiger partial charge is 0.335 e. The van der Waals surface area contributed by atoms with Crippen molar-refractivity contribution < 1.29 is 14.3 Å². The summed E-state index contributed by atoms with van der Waals surface area (Å²) in [6.45, 7) is 5.53. The van der Waals surface area contributed by atoms with E-state index < -0.39 is 5.97 Å². The first kappa shape index (κ1) is 24.0. The Balaban J connectivity index is 1.52. The van der Waals surface area contributed by atoms with Crippen LogP contribution in [-0.4, -0.2) is 26.5 Å². The molecule has 0 spiro atoms. The molecule has 1 aliphatic heterocycles. The largest absolute Gasteiger partial charge is 0.478 e. The fourth-order valence-electron chi connectivity index (χ4n) is 4.19. The quantitative estimate of drug-likeness (QED) is 0.424. The van der Waals surface area contributed by atoms with Gasteiger partial charge in [0.15, 0.2) is 0 Å². The van der Waals surface area contributed by atoms with Crippen LogP contribution in [0, 0.1) is 17.1 Å². The molecule has 2 heterocycles. The first-order valence-electron chi connectivity index (χ1n) is 10.8. The van der Waals surface area contributed by atoms with E-state index in [-0.39, 0.29) is 16.9 Å². The molecule has 1 aliphatic rings. The molecule has 34 heavy (non-hydrogen) atoms. The third-order valence-corrected chi connectivity index (χ3v) is 7.48. The van der Waals surface area contributed by atoms with E-state index in [4.69, 9.17) is 17.3 Å². The number of carbonyl (C=O) groups is 1. The Labute approximate surface area is 207 Å². The second-order valence-electron chi connectivity index (χ2n) is 9.02. The third kappa shape index (κ3) is 5.17. The molecule has 5 nitrogen and oxygen atoms in total. The summed E-state index contributed by atoms with van der Waals surface area (Å²) in [7, 11) is 0. The first-order chi connectivity index (χ1) is 16.2. The van der Waals surface area contributed by atoms with Gasteiger partial charge in [0.05, 0.1) is 16.1 Å². The van der Waals surface area contributed by atoms with E-state index in [1.165, 1.54) is 6.07 Å². The maximum atomic E-state index is 13.7. The van der Waals surface area contributed by atoms with Crippen molar-refractivity contribution in [1.82, 2.24) is 4.90 Å². The minimum absolute atomic E-state index is 0.152. The van der Waals surface area contributed by atoms with E-state index in [0.29, 0.717) is 30.1 Å². The van der Waals surface area contributed by atoms with Gasteiger partial charge in [0.1, 0.15) is 16.9 Å². The number of nitrogens with zero attached hydrogens (tertiary/aromatic N) is 2. The molecule has 0 saturated carbocycles. The van der Waals surface area contributed by atoms with Crippen molar-refractivity contribution in [3.05, 3.63) is 87.0 Å². The van der Waals surface area contributed by atoms with Crippen LogP contribution in [0.5, 0.6) is 0 Å². The summed E-state index contributed by atoms with van der Waals surface area (Å²) in [5, 5.41) is 23.0. The lowest BCUT2D eigenvalue weighted by Crippen LogP contribution is -2.47. The van der Waals surface area contributed by atoms with Crippen molar-refractivity contribution in [3.8, 4) is 6.07 Å². The van der Waals surface area contributed by atoms with E-state index in [1.54, 1.807) is 47.7 Å². The SMILES string of the molecule is CC1(C)Cc2sc(NC(=S)Cc3ccc(C(=O)O)cc3)c(C#N)c2CN1Cc1cccc(F)c1. The summed E-state index contributed by atoms with van der Waals surface area (Å²) in [5.41, 5.74) is 3.47. The van der Waals surface area contributed by atoms with Crippen molar-refractivity contribution in [2.45, 2.75) is 45.3 Å². The van der Waals surface area contributed by atoms with E-state index in [1.807, 2.05) is 6.07 Å². The van der Waals surface area contributed by atoms with Gasteiger partial charge in [-0.05, 0) is 49.2 Å². The van der Waals surface area contributed by atoms with Crippen molar-refractivity contribution in [1.29, 1.82) is 5.26 Å². The summed E-state index contributed by atoms with van der Waals surface area (Å²) in [5.74, 6) is -1.22. The molecule has 2 N–H and O–H groups in total. The Kier molecular flexibility index (Phi) is 6.80. The van der Waals surface area contributed by atoms with Gasteiger partial charge in [0, 0.05) is 41.9 Å². The van der Waals surface area contributed by atoms with Crippen LogP contribution in [0.1, 0.15) is 51.3 Å². The number of anilines is 1. The number of nitriles is 1. The lowest BCUT2D eigenvalue weighted by atomic mass is 9.89. The van der Waals surface area contributed by atoms with Crippen LogP contribution in [0.25, 0.3) is 0 Å². The Morgan fingerprint density at radius 1 is 1.26 bits per heavy atom. The van der Waals surface area contributed by atoms with Crippen molar-refractivity contribution >= 4 is 39.5 Å². The molecule has 0 bridgehead atoms. The predicted molar refractivity (Wildman–Crippen MR) is 136 cm³/mol. The molecule has 0 unspecified atom stereocenters.